The van der Waals surface area contributed by atoms with Gasteiger partial charge in [-0.3, -0.25) is 33.9 Å². The number of carbonyl (C=O) groups excluding carboxylic acids is 5. The number of likely N-dealkylation sites (tertiary alicyclic amines) is 1. The summed E-state index contributed by atoms with van der Waals surface area (Å²) in [6, 6.07) is 15.6. The molecule has 0 bridgehead atoms. The fourth-order valence-corrected chi connectivity index (χ4v) is 6.47. The van der Waals surface area contributed by atoms with Gasteiger partial charge in [-0.15, -0.1) is 0 Å². The predicted octanol–water partition coefficient (Wildman–Crippen LogP) is 3.61. The molecule has 6 rings (SSSR count). The number of benzene rings is 3. The van der Waals surface area contributed by atoms with Crippen molar-refractivity contribution in [2.75, 3.05) is 38.6 Å². The van der Waals surface area contributed by atoms with Crippen molar-refractivity contribution in [2.24, 2.45) is 7.05 Å². The van der Waals surface area contributed by atoms with E-state index in [1.54, 1.807) is 41.0 Å². The summed E-state index contributed by atoms with van der Waals surface area (Å²) in [4.78, 5) is 64.2. The summed E-state index contributed by atoms with van der Waals surface area (Å²) in [6.45, 7) is 1.30. The van der Waals surface area contributed by atoms with Gasteiger partial charge in [0.1, 0.15) is 25.5 Å². The van der Waals surface area contributed by atoms with Crippen LogP contribution in [0.2, 0.25) is 0 Å². The first-order chi connectivity index (χ1) is 25.5. The van der Waals surface area contributed by atoms with Crippen molar-refractivity contribution in [3.8, 4) is 11.1 Å². The van der Waals surface area contributed by atoms with Crippen LogP contribution in [0.3, 0.4) is 0 Å². The Morgan fingerprint density at radius 2 is 1.68 bits per heavy atom. The molecular formula is C37H39FN8O7. The van der Waals surface area contributed by atoms with E-state index < -0.39 is 36.2 Å². The smallest absolute Gasteiger partial charge is 0.412 e. The Balaban J connectivity index is 1.42. The molecule has 53 heavy (non-hydrogen) atoms. The molecule has 2 aromatic heterocycles. The van der Waals surface area contributed by atoms with E-state index in [1.807, 2.05) is 30.3 Å². The number of halogens is 1. The van der Waals surface area contributed by atoms with E-state index in [2.05, 4.69) is 25.8 Å². The Hall–Kier alpha value is -6.32. The van der Waals surface area contributed by atoms with E-state index in [-0.39, 0.29) is 42.8 Å². The average molecular weight is 727 g/mol. The van der Waals surface area contributed by atoms with E-state index in [9.17, 15) is 24.0 Å². The van der Waals surface area contributed by atoms with Gasteiger partial charge in [-0.2, -0.15) is 10.2 Å². The van der Waals surface area contributed by atoms with Gasteiger partial charge >= 0.3 is 12.1 Å². The van der Waals surface area contributed by atoms with Gasteiger partial charge in [0.15, 0.2) is 0 Å². The van der Waals surface area contributed by atoms with Crippen molar-refractivity contribution in [2.45, 2.75) is 38.8 Å². The summed E-state index contributed by atoms with van der Waals surface area (Å²) in [5.74, 6) is -2.59. The predicted molar refractivity (Wildman–Crippen MR) is 192 cm³/mol. The van der Waals surface area contributed by atoms with Gasteiger partial charge in [0, 0.05) is 49.3 Å². The number of aromatic nitrogens is 4. The van der Waals surface area contributed by atoms with Crippen LogP contribution < -0.4 is 16.0 Å². The number of amides is 4. The van der Waals surface area contributed by atoms with Crippen molar-refractivity contribution in [1.82, 2.24) is 35.1 Å². The highest BCUT2D eigenvalue weighted by atomic mass is 19.1. The van der Waals surface area contributed by atoms with Crippen molar-refractivity contribution in [1.29, 1.82) is 0 Å². The fraction of sp³-hybridized carbons (Fsp3) is 0.324. The molecule has 4 amide bonds. The summed E-state index contributed by atoms with van der Waals surface area (Å²) in [7, 11) is 2.95. The molecule has 0 spiro atoms. The quantitative estimate of drug-likeness (QED) is 0.172. The molecule has 0 saturated carbocycles. The number of hydrogen-bond donors (Lipinski definition) is 3. The molecule has 3 aromatic carbocycles. The molecule has 0 atom stereocenters. The fourth-order valence-electron chi connectivity index (χ4n) is 6.47. The Morgan fingerprint density at radius 1 is 0.943 bits per heavy atom. The lowest BCUT2D eigenvalue weighted by Crippen LogP contribution is -2.40. The summed E-state index contributed by atoms with van der Waals surface area (Å²) >= 11 is 0. The van der Waals surface area contributed by atoms with Gasteiger partial charge in [0.2, 0.25) is 17.7 Å². The topological polar surface area (TPSA) is 179 Å². The number of esters is 1. The van der Waals surface area contributed by atoms with Crippen LogP contribution in [0.15, 0.2) is 60.8 Å². The minimum absolute atomic E-state index is 0.00348. The van der Waals surface area contributed by atoms with Gasteiger partial charge in [0.25, 0.3) is 0 Å². The SMILES string of the molecule is COC(=O)CNC(=O)CNC(=O)Cn1nc(C2CCN(C(C)=O)CC2)c2c(-c3cc4c(cnn4C)cc3F)ccc(NC(=O)OCc3ccccc3)c21. The minimum Gasteiger partial charge on any atom is -0.468 e. The number of anilines is 1. The molecule has 5 aromatic rings. The largest absolute Gasteiger partial charge is 0.468 e. The zero-order valence-electron chi connectivity index (χ0n) is 29.5. The zero-order valence-corrected chi connectivity index (χ0v) is 29.5. The number of hydrogen-bond acceptors (Lipinski definition) is 9. The molecule has 3 N–H and O–H groups in total. The first-order valence-electron chi connectivity index (χ1n) is 17.0. The number of methoxy groups -OCH3 is 1. The number of piperidine rings is 1. The van der Waals surface area contributed by atoms with Gasteiger partial charge < -0.3 is 25.0 Å². The molecule has 1 aliphatic heterocycles. The van der Waals surface area contributed by atoms with Gasteiger partial charge in [-0.25, -0.2) is 9.18 Å². The lowest BCUT2D eigenvalue weighted by molar-refractivity contribution is -0.141. The van der Waals surface area contributed by atoms with Crippen LogP contribution in [0.1, 0.15) is 36.9 Å². The Bertz CT molecular complexity index is 2190. The second-order valence-electron chi connectivity index (χ2n) is 12.7. The van der Waals surface area contributed by atoms with Crippen LogP contribution in [0, 0.1) is 5.82 Å². The minimum atomic E-state index is -0.763. The first kappa shape index (κ1) is 36.5. The van der Waals surface area contributed by atoms with Gasteiger partial charge in [-0.1, -0.05) is 36.4 Å². The Labute approximate surface area is 303 Å². The van der Waals surface area contributed by atoms with Crippen molar-refractivity contribution >= 4 is 57.3 Å². The highest BCUT2D eigenvalue weighted by Crippen LogP contribution is 2.42. The number of carbonyl (C=O) groups is 5. The number of rotatable bonds is 11. The molecule has 15 nitrogen and oxygen atoms in total. The number of ether oxygens (including phenoxy) is 2. The first-order valence-corrected chi connectivity index (χ1v) is 17.0. The van der Waals surface area contributed by atoms with E-state index in [4.69, 9.17) is 9.84 Å². The molecule has 3 heterocycles. The van der Waals surface area contributed by atoms with Crippen molar-refractivity contribution in [3.63, 3.8) is 0 Å². The van der Waals surface area contributed by atoms with Crippen LogP contribution in [0.4, 0.5) is 14.9 Å². The second kappa shape index (κ2) is 15.9. The summed E-state index contributed by atoms with van der Waals surface area (Å²) in [5.41, 5.74) is 3.35. The molecule has 0 aliphatic carbocycles. The number of fused-ring (bicyclic) bond motifs is 2. The highest BCUT2D eigenvalue weighted by molar-refractivity contribution is 6.07. The molecule has 0 radical (unpaired) electrons. The van der Waals surface area contributed by atoms with Crippen LogP contribution in [-0.2, 0) is 48.9 Å². The number of nitrogens with one attached hydrogen (secondary N) is 3. The summed E-state index contributed by atoms with van der Waals surface area (Å²) in [6.07, 6.45) is 1.92. The third-order valence-electron chi connectivity index (χ3n) is 9.22. The maximum absolute atomic E-state index is 16.0. The van der Waals surface area contributed by atoms with Crippen LogP contribution in [-0.4, -0.2) is 87.5 Å². The Morgan fingerprint density at radius 3 is 2.40 bits per heavy atom. The Kier molecular flexibility index (Phi) is 11.0. The standard InChI is InChI=1S/C37H39FN8O7/c1-22(47)45-13-11-24(12-14-45)35-34-26(27-16-30-25(15-28(27)38)17-41-44(30)2)9-10-29(42-37(51)53-21-23-7-5-4-6-8-23)36(34)46(43-35)20-32(49)39-18-31(48)40-19-33(50)52-3/h4-10,15-17,24H,11-14,18-21H2,1-3H3,(H,39,49)(H,40,48)(H,42,51). The lowest BCUT2D eigenvalue weighted by Gasteiger charge is -2.30. The van der Waals surface area contributed by atoms with E-state index in [1.165, 1.54) is 24.8 Å². The average Bonchev–Trinajstić information content (AvgIpc) is 3.72. The van der Waals surface area contributed by atoms with Gasteiger partial charge in [0.05, 0.1) is 42.3 Å². The van der Waals surface area contributed by atoms with E-state index >= 15 is 4.39 Å². The van der Waals surface area contributed by atoms with E-state index in [0.29, 0.717) is 59.0 Å². The van der Waals surface area contributed by atoms with Crippen LogP contribution in [0.5, 0.6) is 0 Å². The van der Waals surface area contributed by atoms with Crippen molar-refractivity contribution in [3.05, 3.63) is 77.9 Å². The monoisotopic (exact) mass is 726 g/mol. The highest BCUT2D eigenvalue weighted by Gasteiger charge is 2.30. The maximum Gasteiger partial charge on any atom is 0.412 e. The third-order valence-corrected chi connectivity index (χ3v) is 9.22. The molecule has 1 fully saturated rings. The lowest BCUT2D eigenvalue weighted by atomic mass is 9.88. The molecular weight excluding hydrogens is 687 g/mol. The van der Waals surface area contributed by atoms with Gasteiger partial charge in [-0.05, 0) is 42.2 Å². The third kappa shape index (κ3) is 8.27. The zero-order chi connectivity index (χ0) is 37.6. The second-order valence-corrected chi connectivity index (χ2v) is 12.7. The van der Waals surface area contributed by atoms with Crippen LogP contribution >= 0.6 is 0 Å². The molecule has 16 heteroatoms. The molecule has 0 unspecified atom stereocenters. The number of aryl methyl sites for hydroxylation is 1. The van der Waals surface area contributed by atoms with E-state index in [0.717, 1.165) is 5.56 Å². The maximum atomic E-state index is 16.0. The summed E-state index contributed by atoms with van der Waals surface area (Å²) in [5, 5.41) is 18.0. The molecule has 1 saturated heterocycles. The summed E-state index contributed by atoms with van der Waals surface area (Å²) < 4.78 is 29.1. The number of nitrogens with zero attached hydrogens (tertiary/aromatic N) is 5. The normalized spacial score (nSPS) is 13.2. The van der Waals surface area contributed by atoms with Crippen LogP contribution in [0.25, 0.3) is 32.9 Å². The molecule has 1 aliphatic rings. The molecule has 276 valence electrons. The van der Waals surface area contributed by atoms with Crippen molar-refractivity contribution < 1.29 is 37.8 Å².